The quantitative estimate of drug-likeness (QED) is 0.345. The van der Waals surface area contributed by atoms with Gasteiger partial charge in [0.2, 0.25) is 5.95 Å². The van der Waals surface area contributed by atoms with Crippen molar-refractivity contribution in [2.45, 2.75) is 71.3 Å². The van der Waals surface area contributed by atoms with E-state index in [9.17, 15) is 26.4 Å². The largest absolute Gasteiger partial charge is 0.573 e. The second-order valence-electron chi connectivity index (χ2n) is 12.2. The molecule has 2 N–H and O–H groups in total. The van der Waals surface area contributed by atoms with Gasteiger partial charge in [-0.2, -0.15) is 0 Å². The Bertz CT molecular complexity index is 1520. The van der Waals surface area contributed by atoms with Gasteiger partial charge in [0, 0.05) is 23.3 Å². The summed E-state index contributed by atoms with van der Waals surface area (Å²) < 4.78 is 67.4. The van der Waals surface area contributed by atoms with Gasteiger partial charge >= 0.3 is 6.36 Å². The molecule has 0 radical (unpaired) electrons. The molecule has 0 unspecified atom stereocenters. The minimum Gasteiger partial charge on any atom is -0.406 e. The number of nitrogens with zero attached hydrogens (tertiary/aromatic N) is 2. The average Bonchev–Trinajstić information content (AvgIpc) is 3.21. The van der Waals surface area contributed by atoms with E-state index in [2.05, 4.69) is 40.7 Å². The first-order valence-corrected chi connectivity index (χ1v) is 15.6. The van der Waals surface area contributed by atoms with Crippen LogP contribution in [0.3, 0.4) is 0 Å². The van der Waals surface area contributed by atoms with Crippen LogP contribution < -0.4 is 15.4 Å². The molecule has 1 saturated carbocycles. The summed E-state index contributed by atoms with van der Waals surface area (Å²) in [5.74, 6) is 0.552. The van der Waals surface area contributed by atoms with Gasteiger partial charge in [-0.1, -0.05) is 20.8 Å². The van der Waals surface area contributed by atoms with E-state index in [1.165, 1.54) is 24.3 Å². The first kappa shape index (κ1) is 29.2. The lowest BCUT2D eigenvalue weighted by Gasteiger charge is -2.40. The monoisotopic (exact) mass is 592 g/mol. The van der Waals surface area contributed by atoms with E-state index in [1.54, 1.807) is 12.1 Å². The summed E-state index contributed by atoms with van der Waals surface area (Å²) in [4.78, 5) is 17.9. The van der Waals surface area contributed by atoms with Crippen LogP contribution in [0.25, 0.3) is 11.0 Å². The highest BCUT2D eigenvalue weighted by Crippen LogP contribution is 2.46. The van der Waals surface area contributed by atoms with Crippen molar-refractivity contribution in [3.8, 4) is 5.75 Å². The fraction of sp³-hybridized carbons (Fsp3) is 0.517. The molecular formula is C29H35F3N4O4S. The van der Waals surface area contributed by atoms with Crippen molar-refractivity contribution in [3.05, 3.63) is 48.0 Å². The molecule has 1 amide bonds. The number of sulfone groups is 1. The summed E-state index contributed by atoms with van der Waals surface area (Å²) in [6.45, 7) is 6.73. The molecule has 2 atom stereocenters. The van der Waals surface area contributed by atoms with E-state index in [0.717, 1.165) is 24.8 Å². The average molecular weight is 593 g/mol. The number of alkyl halides is 3. The Labute approximate surface area is 237 Å². The molecule has 12 heteroatoms. The predicted octanol–water partition coefficient (Wildman–Crippen LogP) is 6.37. The molecule has 0 spiro atoms. The number of aromatic nitrogens is 2. The van der Waals surface area contributed by atoms with Crippen molar-refractivity contribution in [2.75, 3.05) is 16.8 Å². The number of carbonyl (C=O) groups is 1. The molecule has 5 rings (SSSR count). The van der Waals surface area contributed by atoms with Crippen molar-refractivity contribution in [3.63, 3.8) is 0 Å². The number of anilines is 2. The maximum atomic E-state index is 13.1. The van der Waals surface area contributed by atoms with Crippen LogP contribution in [0.4, 0.5) is 24.8 Å². The Hall–Kier alpha value is -3.28. The molecule has 2 aromatic carbocycles. The Morgan fingerprint density at radius 1 is 1.07 bits per heavy atom. The smallest absolute Gasteiger partial charge is 0.406 e. The first-order valence-electron chi connectivity index (χ1n) is 13.8. The van der Waals surface area contributed by atoms with Gasteiger partial charge in [0.15, 0.2) is 0 Å². The highest BCUT2D eigenvalue weighted by Gasteiger charge is 2.35. The number of halogens is 3. The van der Waals surface area contributed by atoms with Crippen molar-refractivity contribution in [1.29, 1.82) is 0 Å². The van der Waals surface area contributed by atoms with Crippen molar-refractivity contribution < 1.29 is 31.1 Å². The van der Waals surface area contributed by atoms with Crippen LogP contribution in [0.2, 0.25) is 0 Å². The number of ether oxygens (including phenoxy) is 1. The number of fused-ring (bicyclic) bond motifs is 1. The minimum absolute atomic E-state index is 0.0654. The van der Waals surface area contributed by atoms with Gasteiger partial charge in [-0.3, -0.25) is 4.79 Å². The van der Waals surface area contributed by atoms with E-state index in [-0.39, 0.29) is 40.7 Å². The summed E-state index contributed by atoms with van der Waals surface area (Å²) in [5, 5.41) is 6.23. The lowest BCUT2D eigenvalue weighted by Crippen LogP contribution is -2.40. The van der Waals surface area contributed by atoms with Gasteiger partial charge in [-0.25, -0.2) is 13.4 Å². The Morgan fingerprint density at radius 3 is 2.39 bits per heavy atom. The fourth-order valence-electron chi connectivity index (χ4n) is 6.36. The molecule has 2 heterocycles. The molecule has 2 fully saturated rings. The number of amides is 1. The van der Waals surface area contributed by atoms with E-state index in [1.807, 2.05) is 6.07 Å². The summed E-state index contributed by atoms with van der Waals surface area (Å²) in [5.41, 5.74) is 2.54. The molecular weight excluding hydrogens is 557 g/mol. The standard InChI is InChI=1S/C29H35F3N4O4S/c1-18-14-22(17-28(2,3)16-18)36-25-9-4-19(26(37)33-21-10-12-41(38,39)13-11-21)15-24(25)35-27(36)34-20-5-7-23(8-6-20)40-29(30,31)32/h4-9,15,18,21-22H,10-14,16-17H2,1-3H3,(H,33,37)(H,34,35)/t18-,22+/m1/s1. The molecule has 1 saturated heterocycles. The molecule has 8 nitrogen and oxygen atoms in total. The molecule has 0 bridgehead atoms. The first-order chi connectivity index (χ1) is 19.2. The predicted molar refractivity (Wildman–Crippen MR) is 151 cm³/mol. The van der Waals surface area contributed by atoms with Crippen molar-refractivity contribution in [1.82, 2.24) is 14.9 Å². The van der Waals surface area contributed by atoms with E-state index in [4.69, 9.17) is 4.98 Å². The summed E-state index contributed by atoms with van der Waals surface area (Å²) in [7, 11) is -3.03. The molecule has 1 aromatic heterocycles. The van der Waals surface area contributed by atoms with E-state index in [0.29, 0.717) is 41.5 Å². The Morgan fingerprint density at radius 2 is 1.76 bits per heavy atom. The van der Waals surface area contributed by atoms with Crippen LogP contribution in [0.5, 0.6) is 5.75 Å². The van der Waals surface area contributed by atoms with Crippen LogP contribution in [-0.4, -0.2) is 47.8 Å². The fourth-order valence-corrected chi connectivity index (χ4v) is 7.85. The third-order valence-electron chi connectivity index (χ3n) is 7.91. The second-order valence-corrected chi connectivity index (χ2v) is 14.5. The maximum absolute atomic E-state index is 13.1. The maximum Gasteiger partial charge on any atom is 0.573 e. The van der Waals surface area contributed by atoms with Gasteiger partial charge in [0.05, 0.1) is 22.5 Å². The molecule has 41 heavy (non-hydrogen) atoms. The third kappa shape index (κ3) is 7.14. The second kappa shape index (κ2) is 10.8. The van der Waals surface area contributed by atoms with Gasteiger partial charge in [-0.15, -0.1) is 13.2 Å². The van der Waals surface area contributed by atoms with Crippen LogP contribution >= 0.6 is 0 Å². The minimum atomic E-state index is -4.77. The van der Waals surface area contributed by atoms with Crippen LogP contribution in [0.1, 0.15) is 69.3 Å². The summed E-state index contributed by atoms with van der Waals surface area (Å²) in [6, 6.07) is 10.8. The topological polar surface area (TPSA) is 102 Å². The molecule has 1 aliphatic heterocycles. The van der Waals surface area contributed by atoms with E-state index < -0.39 is 16.2 Å². The zero-order valence-electron chi connectivity index (χ0n) is 23.3. The van der Waals surface area contributed by atoms with Gasteiger partial charge in [0.25, 0.3) is 5.91 Å². The van der Waals surface area contributed by atoms with Gasteiger partial charge < -0.3 is 19.9 Å². The highest BCUT2D eigenvalue weighted by atomic mass is 32.2. The number of carbonyl (C=O) groups excluding carboxylic acids is 1. The Kier molecular flexibility index (Phi) is 7.73. The molecule has 1 aliphatic carbocycles. The van der Waals surface area contributed by atoms with Crippen LogP contribution in [0.15, 0.2) is 42.5 Å². The van der Waals surface area contributed by atoms with Crippen molar-refractivity contribution in [2.24, 2.45) is 11.3 Å². The SMILES string of the molecule is C[C@@H]1C[C@H](n2c(Nc3ccc(OC(F)(F)F)cc3)nc3cc(C(=O)NC4CCS(=O)(=O)CC4)ccc32)CC(C)(C)C1. The lowest BCUT2D eigenvalue weighted by atomic mass is 9.70. The molecule has 222 valence electrons. The van der Waals surface area contributed by atoms with Gasteiger partial charge in [-0.05, 0) is 85.9 Å². The number of hydrogen-bond acceptors (Lipinski definition) is 6. The zero-order chi connectivity index (χ0) is 29.6. The number of imidazole rings is 1. The molecule has 3 aromatic rings. The third-order valence-corrected chi connectivity index (χ3v) is 9.63. The Balaban J connectivity index is 1.45. The zero-order valence-corrected chi connectivity index (χ0v) is 24.1. The van der Waals surface area contributed by atoms with E-state index >= 15 is 0 Å². The molecule has 2 aliphatic rings. The van der Waals surface area contributed by atoms with Crippen LogP contribution in [-0.2, 0) is 9.84 Å². The summed E-state index contributed by atoms with van der Waals surface area (Å²) in [6.07, 6.45) is -1.03. The lowest BCUT2D eigenvalue weighted by molar-refractivity contribution is -0.274. The normalized spacial score (nSPS) is 22.8. The summed E-state index contributed by atoms with van der Waals surface area (Å²) >= 11 is 0. The number of nitrogens with one attached hydrogen (secondary N) is 2. The van der Waals surface area contributed by atoms with Gasteiger partial charge in [0.1, 0.15) is 15.6 Å². The number of benzene rings is 2. The van der Waals surface area contributed by atoms with Crippen LogP contribution in [0, 0.1) is 11.3 Å². The highest BCUT2D eigenvalue weighted by molar-refractivity contribution is 7.91. The number of hydrogen-bond donors (Lipinski definition) is 2. The van der Waals surface area contributed by atoms with Crippen molar-refractivity contribution >= 4 is 38.4 Å². The number of rotatable bonds is 6.